The summed E-state index contributed by atoms with van der Waals surface area (Å²) >= 11 is 0. The molecule has 28 heavy (non-hydrogen) atoms. The predicted molar refractivity (Wildman–Crippen MR) is 106 cm³/mol. The van der Waals surface area contributed by atoms with Crippen LogP contribution in [0.3, 0.4) is 0 Å². The lowest BCUT2D eigenvalue weighted by Crippen LogP contribution is -2.33. The molecule has 3 aromatic rings. The number of likely N-dealkylation sites (tertiary alicyclic amines) is 1. The zero-order chi connectivity index (χ0) is 19.5. The molecule has 0 aliphatic carbocycles. The van der Waals surface area contributed by atoms with Crippen molar-refractivity contribution in [1.29, 1.82) is 0 Å². The minimum atomic E-state index is -0.295. The first-order valence-corrected chi connectivity index (χ1v) is 9.29. The van der Waals surface area contributed by atoms with Gasteiger partial charge >= 0.3 is 0 Å². The molecule has 1 fully saturated rings. The van der Waals surface area contributed by atoms with Crippen LogP contribution in [0.4, 0.5) is 10.2 Å². The van der Waals surface area contributed by atoms with Crippen molar-refractivity contribution >= 4 is 11.7 Å². The molecule has 1 unspecified atom stereocenters. The van der Waals surface area contributed by atoms with E-state index in [0.29, 0.717) is 24.6 Å². The minimum Gasteiger partial charge on any atom is -0.357 e. The SMILES string of the molecule is Cc1ccc(CN2CCC(Nc3ccc(-c4ccc(F)cc4)nn3)C2=O)cc1. The molecule has 1 aliphatic rings. The lowest BCUT2D eigenvalue weighted by Gasteiger charge is -2.17. The molecule has 2 heterocycles. The lowest BCUT2D eigenvalue weighted by molar-refractivity contribution is -0.128. The van der Waals surface area contributed by atoms with Gasteiger partial charge in [0.1, 0.15) is 17.7 Å². The maximum Gasteiger partial charge on any atom is 0.245 e. The highest BCUT2D eigenvalue weighted by molar-refractivity contribution is 5.86. The zero-order valence-corrected chi connectivity index (χ0v) is 15.6. The van der Waals surface area contributed by atoms with E-state index in [9.17, 15) is 9.18 Å². The Hall–Kier alpha value is -3.28. The number of carbonyl (C=O) groups is 1. The van der Waals surface area contributed by atoms with Crippen LogP contribution in [0.25, 0.3) is 11.3 Å². The molecule has 0 saturated carbocycles. The van der Waals surface area contributed by atoms with E-state index >= 15 is 0 Å². The Morgan fingerprint density at radius 1 is 1.04 bits per heavy atom. The Morgan fingerprint density at radius 3 is 2.46 bits per heavy atom. The molecule has 142 valence electrons. The monoisotopic (exact) mass is 376 g/mol. The Balaban J connectivity index is 1.38. The lowest BCUT2D eigenvalue weighted by atomic mass is 10.1. The normalized spacial score (nSPS) is 16.4. The molecule has 4 rings (SSSR count). The Morgan fingerprint density at radius 2 is 1.79 bits per heavy atom. The molecular weight excluding hydrogens is 355 g/mol. The van der Waals surface area contributed by atoms with Crippen LogP contribution in [0.1, 0.15) is 17.5 Å². The van der Waals surface area contributed by atoms with Gasteiger partial charge in [-0.25, -0.2) is 4.39 Å². The van der Waals surface area contributed by atoms with E-state index in [1.807, 2.05) is 17.9 Å². The van der Waals surface area contributed by atoms with Gasteiger partial charge in [0.2, 0.25) is 5.91 Å². The molecule has 2 aromatic carbocycles. The average molecular weight is 376 g/mol. The fourth-order valence-electron chi connectivity index (χ4n) is 3.31. The van der Waals surface area contributed by atoms with Crippen molar-refractivity contribution in [3.63, 3.8) is 0 Å². The van der Waals surface area contributed by atoms with Gasteiger partial charge in [-0.3, -0.25) is 4.79 Å². The van der Waals surface area contributed by atoms with Gasteiger partial charge in [0, 0.05) is 18.7 Å². The Kier molecular flexibility index (Phi) is 5.02. The standard InChI is InChI=1S/C22H21FN4O/c1-15-2-4-16(5-3-15)14-27-13-12-20(22(27)28)24-21-11-10-19(25-26-21)17-6-8-18(23)9-7-17/h2-11,20H,12-14H2,1H3,(H,24,26). The van der Waals surface area contributed by atoms with Crippen molar-refractivity contribution in [1.82, 2.24) is 15.1 Å². The van der Waals surface area contributed by atoms with Crippen molar-refractivity contribution in [3.8, 4) is 11.3 Å². The number of halogens is 1. The van der Waals surface area contributed by atoms with Gasteiger partial charge in [0.05, 0.1) is 5.69 Å². The number of hydrogen-bond donors (Lipinski definition) is 1. The van der Waals surface area contributed by atoms with E-state index in [0.717, 1.165) is 17.5 Å². The van der Waals surface area contributed by atoms with Gasteiger partial charge in [0.15, 0.2) is 0 Å². The Labute approximate surface area is 163 Å². The van der Waals surface area contributed by atoms with E-state index in [1.54, 1.807) is 18.2 Å². The van der Waals surface area contributed by atoms with Gasteiger partial charge in [-0.15, -0.1) is 10.2 Å². The highest BCUT2D eigenvalue weighted by atomic mass is 19.1. The molecular formula is C22H21FN4O. The maximum absolute atomic E-state index is 13.0. The van der Waals surface area contributed by atoms with E-state index in [2.05, 4.69) is 39.8 Å². The summed E-state index contributed by atoms with van der Waals surface area (Å²) in [6.45, 7) is 3.38. The number of hydrogen-bond acceptors (Lipinski definition) is 4. The second-order valence-electron chi connectivity index (χ2n) is 7.04. The predicted octanol–water partition coefficient (Wildman–Crippen LogP) is 3.80. The molecule has 1 N–H and O–H groups in total. The van der Waals surface area contributed by atoms with Crippen LogP contribution in [0.15, 0.2) is 60.7 Å². The number of anilines is 1. The largest absolute Gasteiger partial charge is 0.357 e. The van der Waals surface area contributed by atoms with E-state index in [1.165, 1.54) is 17.7 Å². The van der Waals surface area contributed by atoms with Gasteiger partial charge in [-0.05, 0) is 55.3 Å². The highest BCUT2D eigenvalue weighted by Gasteiger charge is 2.31. The van der Waals surface area contributed by atoms with Gasteiger partial charge < -0.3 is 10.2 Å². The van der Waals surface area contributed by atoms with Crippen molar-refractivity contribution in [3.05, 3.63) is 77.6 Å². The quantitative estimate of drug-likeness (QED) is 0.736. The number of rotatable bonds is 5. The molecule has 1 aliphatic heterocycles. The van der Waals surface area contributed by atoms with Crippen LogP contribution < -0.4 is 5.32 Å². The fourth-order valence-corrected chi connectivity index (χ4v) is 3.31. The number of aryl methyl sites for hydroxylation is 1. The van der Waals surface area contributed by atoms with Crippen molar-refractivity contribution in [2.24, 2.45) is 0 Å². The summed E-state index contributed by atoms with van der Waals surface area (Å²) in [5, 5.41) is 11.5. The van der Waals surface area contributed by atoms with E-state index in [4.69, 9.17) is 0 Å². The molecule has 0 radical (unpaired) electrons. The summed E-state index contributed by atoms with van der Waals surface area (Å²) in [6, 6.07) is 17.7. The van der Waals surface area contributed by atoms with Gasteiger partial charge in [0.25, 0.3) is 0 Å². The van der Waals surface area contributed by atoms with Crippen molar-refractivity contribution in [2.75, 3.05) is 11.9 Å². The highest BCUT2D eigenvalue weighted by Crippen LogP contribution is 2.21. The van der Waals surface area contributed by atoms with Gasteiger partial charge in [-0.2, -0.15) is 0 Å². The third kappa shape index (κ3) is 4.01. The zero-order valence-electron chi connectivity index (χ0n) is 15.6. The van der Waals surface area contributed by atoms with Crippen LogP contribution in [-0.4, -0.2) is 33.6 Å². The van der Waals surface area contributed by atoms with Crippen LogP contribution >= 0.6 is 0 Å². The summed E-state index contributed by atoms with van der Waals surface area (Å²) < 4.78 is 13.0. The topological polar surface area (TPSA) is 58.1 Å². The third-order valence-corrected chi connectivity index (χ3v) is 4.92. The minimum absolute atomic E-state index is 0.0741. The summed E-state index contributed by atoms with van der Waals surface area (Å²) in [5.74, 6) is 0.344. The maximum atomic E-state index is 13.0. The number of nitrogens with one attached hydrogen (secondary N) is 1. The molecule has 1 atom stereocenters. The Bertz CT molecular complexity index is 955. The third-order valence-electron chi connectivity index (χ3n) is 4.92. The molecule has 6 heteroatoms. The van der Waals surface area contributed by atoms with Gasteiger partial charge in [-0.1, -0.05) is 29.8 Å². The first-order chi connectivity index (χ1) is 13.6. The van der Waals surface area contributed by atoms with Crippen LogP contribution in [-0.2, 0) is 11.3 Å². The summed E-state index contributed by atoms with van der Waals surface area (Å²) in [7, 11) is 0. The van der Waals surface area contributed by atoms with Crippen LogP contribution in [0.2, 0.25) is 0 Å². The smallest absolute Gasteiger partial charge is 0.245 e. The number of carbonyl (C=O) groups excluding carboxylic acids is 1. The summed E-state index contributed by atoms with van der Waals surface area (Å²) in [4.78, 5) is 14.5. The second kappa shape index (κ2) is 7.76. The van der Waals surface area contributed by atoms with E-state index < -0.39 is 0 Å². The summed E-state index contributed by atoms with van der Waals surface area (Å²) in [6.07, 6.45) is 0.728. The molecule has 5 nitrogen and oxygen atoms in total. The molecule has 0 bridgehead atoms. The molecule has 1 saturated heterocycles. The van der Waals surface area contributed by atoms with Crippen molar-refractivity contribution in [2.45, 2.75) is 25.9 Å². The molecule has 1 amide bonds. The summed E-state index contributed by atoms with van der Waals surface area (Å²) in [5.41, 5.74) is 3.78. The fraction of sp³-hybridized carbons (Fsp3) is 0.227. The molecule has 1 aromatic heterocycles. The molecule has 0 spiro atoms. The number of benzene rings is 2. The number of nitrogens with zero attached hydrogens (tertiary/aromatic N) is 3. The van der Waals surface area contributed by atoms with Crippen molar-refractivity contribution < 1.29 is 9.18 Å². The van der Waals surface area contributed by atoms with Crippen LogP contribution in [0.5, 0.6) is 0 Å². The number of amides is 1. The van der Waals surface area contributed by atoms with Crippen LogP contribution in [0, 0.1) is 12.7 Å². The average Bonchev–Trinajstić information content (AvgIpc) is 3.04. The van der Waals surface area contributed by atoms with E-state index in [-0.39, 0.29) is 17.8 Å². The first kappa shape index (κ1) is 18.1. The number of aromatic nitrogens is 2. The second-order valence-corrected chi connectivity index (χ2v) is 7.04. The first-order valence-electron chi connectivity index (χ1n) is 9.29.